The molecule has 0 bridgehead atoms. The van der Waals surface area contributed by atoms with Crippen molar-refractivity contribution >= 4 is 34.9 Å². The zero-order valence-electron chi connectivity index (χ0n) is 13.8. The molecule has 0 radical (unpaired) electrons. The van der Waals surface area contributed by atoms with Crippen molar-refractivity contribution in [2.45, 2.75) is 20.5 Å². The van der Waals surface area contributed by atoms with Crippen LogP contribution < -0.4 is 20.2 Å². The average molecular weight is 364 g/mol. The first-order valence-corrected chi connectivity index (χ1v) is 8.70. The predicted molar refractivity (Wildman–Crippen MR) is 101 cm³/mol. The van der Waals surface area contributed by atoms with Crippen LogP contribution in [0, 0.1) is 6.92 Å². The molecule has 2 rings (SSSR count). The molecule has 0 aliphatic carbocycles. The Morgan fingerprint density at radius 3 is 2.92 bits per heavy atom. The van der Waals surface area contributed by atoms with Gasteiger partial charge in [-0.2, -0.15) is 5.10 Å². The van der Waals surface area contributed by atoms with E-state index in [-0.39, 0.29) is 0 Å². The number of rotatable bonds is 7. The zero-order valence-corrected chi connectivity index (χ0v) is 15.5. The van der Waals surface area contributed by atoms with Gasteiger partial charge in [0.05, 0.1) is 24.0 Å². The Kier molecular flexibility index (Phi) is 6.95. The number of methoxy groups -OCH3 is 1. The summed E-state index contributed by atoms with van der Waals surface area (Å²) in [6.07, 6.45) is 1.67. The molecule has 0 amide bonds. The minimum Gasteiger partial charge on any atom is -0.493 e. The van der Waals surface area contributed by atoms with Gasteiger partial charge in [-0.25, -0.2) is 4.98 Å². The molecule has 0 fully saturated rings. The first kappa shape index (κ1) is 18.2. The third-order valence-electron chi connectivity index (χ3n) is 2.95. The number of ether oxygens (including phenoxy) is 2. The van der Waals surface area contributed by atoms with Gasteiger partial charge >= 0.3 is 0 Å². The Morgan fingerprint density at radius 1 is 1.42 bits per heavy atom. The highest BCUT2D eigenvalue weighted by Crippen LogP contribution is 2.28. The van der Waals surface area contributed by atoms with Gasteiger partial charge in [-0.3, -0.25) is 5.43 Å². The van der Waals surface area contributed by atoms with Gasteiger partial charge in [0, 0.05) is 11.9 Å². The van der Waals surface area contributed by atoms with Crippen LogP contribution in [-0.2, 0) is 6.61 Å². The predicted octanol–water partition coefficient (Wildman–Crippen LogP) is 2.86. The SMILES string of the molecule is CCNC(=S)N/N=C\c1ccc(OCc2csc(C)n2)c(OC)c1. The lowest BCUT2D eigenvalue weighted by molar-refractivity contribution is 0.281. The second kappa shape index (κ2) is 9.19. The van der Waals surface area contributed by atoms with Crippen molar-refractivity contribution in [2.24, 2.45) is 5.10 Å². The Morgan fingerprint density at radius 2 is 2.25 bits per heavy atom. The molecule has 8 heteroatoms. The van der Waals surface area contributed by atoms with Crippen molar-refractivity contribution in [3.8, 4) is 11.5 Å². The fourth-order valence-electron chi connectivity index (χ4n) is 1.88. The van der Waals surface area contributed by atoms with Crippen LogP contribution in [0.3, 0.4) is 0 Å². The van der Waals surface area contributed by atoms with Crippen molar-refractivity contribution in [1.82, 2.24) is 15.7 Å². The number of benzene rings is 1. The quantitative estimate of drug-likeness (QED) is 0.447. The van der Waals surface area contributed by atoms with Gasteiger partial charge in [0.2, 0.25) is 0 Å². The summed E-state index contributed by atoms with van der Waals surface area (Å²) in [5, 5.41) is 10.5. The third kappa shape index (κ3) is 5.47. The number of hydrogen-bond acceptors (Lipinski definition) is 6. The number of thiazole rings is 1. The number of nitrogens with one attached hydrogen (secondary N) is 2. The lowest BCUT2D eigenvalue weighted by atomic mass is 10.2. The van der Waals surface area contributed by atoms with Gasteiger partial charge in [-0.05, 0) is 49.8 Å². The molecule has 1 aromatic heterocycles. The maximum atomic E-state index is 5.79. The van der Waals surface area contributed by atoms with Gasteiger partial charge < -0.3 is 14.8 Å². The first-order chi connectivity index (χ1) is 11.6. The second-order valence-corrected chi connectivity index (χ2v) is 6.26. The Bertz CT molecular complexity index is 716. The summed E-state index contributed by atoms with van der Waals surface area (Å²) in [5.41, 5.74) is 4.52. The maximum Gasteiger partial charge on any atom is 0.186 e. The molecule has 0 spiro atoms. The molecule has 128 valence electrons. The number of hydrazone groups is 1. The smallest absolute Gasteiger partial charge is 0.186 e. The fraction of sp³-hybridized carbons (Fsp3) is 0.312. The number of aryl methyl sites for hydroxylation is 1. The molecule has 2 N–H and O–H groups in total. The average Bonchev–Trinajstić information content (AvgIpc) is 2.99. The second-order valence-electron chi connectivity index (χ2n) is 4.79. The summed E-state index contributed by atoms with van der Waals surface area (Å²) in [4.78, 5) is 4.38. The number of thiocarbonyl (C=S) groups is 1. The molecule has 24 heavy (non-hydrogen) atoms. The summed E-state index contributed by atoms with van der Waals surface area (Å²) >= 11 is 6.64. The molecule has 0 atom stereocenters. The summed E-state index contributed by atoms with van der Waals surface area (Å²) < 4.78 is 11.2. The van der Waals surface area contributed by atoms with Gasteiger partial charge in [-0.15, -0.1) is 11.3 Å². The van der Waals surface area contributed by atoms with E-state index >= 15 is 0 Å². The van der Waals surface area contributed by atoms with Crippen LogP contribution in [0.15, 0.2) is 28.7 Å². The van der Waals surface area contributed by atoms with Gasteiger partial charge in [0.1, 0.15) is 6.61 Å². The Labute approximate surface area is 150 Å². The van der Waals surface area contributed by atoms with Gasteiger partial charge in [0.15, 0.2) is 16.6 Å². The Balaban J connectivity index is 1.98. The van der Waals surface area contributed by atoms with E-state index in [4.69, 9.17) is 21.7 Å². The highest BCUT2D eigenvalue weighted by atomic mass is 32.1. The summed E-state index contributed by atoms with van der Waals surface area (Å²) in [7, 11) is 1.61. The molecule has 0 saturated carbocycles. The fourth-order valence-corrected chi connectivity index (χ4v) is 2.67. The molecule has 2 aromatic rings. The van der Waals surface area contributed by atoms with Crippen molar-refractivity contribution < 1.29 is 9.47 Å². The highest BCUT2D eigenvalue weighted by molar-refractivity contribution is 7.80. The normalized spacial score (nSPS) is 10.6. The third-order valence-corrected chi connectivity index (χ3v) is 4.00. The summed E-state index contributed by atoms with van der Waals surface area (Å²) in [6, 6.07) is 5.59. The molecular weight excluding hydrogens is 344 g/mol. The van der Waals surface area contributed by atoms with Crippen molar-refractivity contribution in [2.75, 3.05) is 13.7 Å². The van der Waals surface area contributed by atoms with Crippen LogP contribution >= 0.6 is 23.6 Å². The minimum absolute atomic E-state index is 0.409. The van der Waals surface area contributed by atoms with E-state index in [0.717, 1.165) is 22.8 Å². The molecular formula is C16H20N4O2S2. The lowest BCUT2D eigenvalue weighted by Gasteiger charge is -2.10. The highest BCUT2D eigenvalue weighted by Gasteiger charge is 2.07. The van der Waals surface area contributed by atoms with E-state index in [0.29, 0.717) is 23.2 Å². The van der Waals surface area contributed by atoms with E-state index in [1.807, 2.05) is 37.4 Å². The van der Waals surface area contributed by atoms with Crippen LogP contribution in [0.4, 0.5) is 0 Å². The standard InChI is InChI=1S/C16H20N4O2S2/c1-4-17-16(23)20-18-8-12-5-6-14(15(7-12)21-3)22-9-13-10-24-11(2)19-13/h5-8,10H,4,9H2,1-3H3,(H2,17,20,23)/b18-8-. The van der Waals surface area contributed by atoms with Gasteiger partial charge in [-0.1, -0.05) is 0 Å². The monoisotopic (exact) mass is 364 g/mol. The van der Waals surface area contributed by atoms with E-state index in [9.17, 15) is 0 Å². The molecule has 1 heterocycles. The van der Waals surface area contributed by atoms with E-state index in [1.54, 1.807) is 24.7 Å². The van der Waals surface area contributed by atoms with Crippen molar-refractivity contribution in [3.63, 3.8) is 0 Å². The van der Waals surface area contributed by atoms with Crippen LogP contribution in [0.5, 0.6) is 11.5 Å². The molecule has 0 unspecified atom stereocenters. The van der Waals surface area contributed by atoms with Crippen LogP contribution in [-0.4, -0.2) is 30.0 Å². The van der Waals surface area contributed by atoms with Crippen LogP contribution in [0.1, 0.15) is 23.2 Å². The van der Waals surface area contributed by atoms with Crippen molar-refractivity contribution in [1.29, 1.82) is 0 Å². The summed E-state index contributed by atoms with van der Waals surface area (Å²) in [5.74, 6) is 1.30. The molecule has 0 aliphatic rings. The van der Waals surface area contributed by atoms with E-state index in [2.05, 4.69) is 20.8 Å². The van der Waals surface area contributed by atoms with Crippen molar-refractivity contribution in [3.05, 3.63) is 39.8 Å². The summed E-state index contributed by atoms with van der Waals surface area (Å²) in [6.45, 7) is 5.10. The Hall–Kier alpha value is -2.19. The van der Waals surface area contributed by atoms with Gasteiger partial charge in [0.25, 0.3) is 0 Å². The zero-order chi connectivity index (χ0) is 17.4. The van der Waals surface area contributed by atoms with Crippen LogP contribution in [0.25, 0.3) is 0 Å². The van der Waals surface area contributed by atoms with E-state index < -0.39 is 0 Å². The van der Waals surface area contributed by atoms with E-state index in [1.165, 1.54) is 0 Å². The number of nitrogens with zero attached hydrogens (tertiary/aromatic N) is 2. The molecule has 0 aliphatic heterocycles. The lowest BCUT2D eigenvalue weighted by Crippen LogP contribution is -2.31. The molecule has 6 nitrogen and oxygen atoms in total. The largest absolute Gasteiger partial charge is 0.493 e. The topological polar surface area (TPSA) is 67.8 Å². The number of hydrogen-bond donors (Lipinski definition) is 2. The number of aromatic nitrogens is 1. The molecule has 0 saturated heterocycles. The first-order valence-electron chi connectivity index (χ1n) is 7.41. The molecule has 1 aromatic carbocycles. The minimum atomic E-state index is 0.409. The maximum absolute atomic E-state index is 5.79. The van der Waals surface area contributed by atoms with Crippen LogP contribution in [0.2, 0.25) is 0 Å².